The normalized spacial score (nSPS) is 9.69. The number of aromatic nitrogens is 1. The molecule has 0 aliphatic rings. The highest BCUT2D eigenvalue weighted by Gasteiger charge is 2.06. The third kappa shape index (κ3) is 2.54. The molecule has 13 heavy (non-hydrogen) atoms. The number of methoxy groups -OCH3 is 1. The zero-order valence-electron chi connectivity index (χ0n) is 7.91. The Morgan fingerprint density at radius 2 is 2.31 bits per heavy atom. The molecule has 1 aromatic rings. The lowest BCUT2D eigenvalue weighted by atomic mass is 10.2. The third-order valence-corrected chi connectivity index (χ3v) is 1.71. The van der Waals surface area contributed by atoms with Gasteiger partial charge in [0.15, 0.2) is 0 Å². The number of aryl methyl sites for hydroxylation is 1. The molecule has 0 fully saturated rings. The van der Waals surface area contributed by atoms with Crippen LogP contribution in [-0.4, -0.2) is 18.1 Å². The maximum Gasteiger partial charge on any atom is 0.356 e. The Hall–Kier alpha value is -1.38. The predicted octanol–water partition coefficient (Wildman–Crippen LogP) is 1.82. The first-order chi connectivity index (χ1) is 6.27. The van der Waals surface area contributed by atoms with E-state index in [0.717, 1.165) is 18.5 Å². The van der Waals surface area contributed by atoms with Gasteiger partial charge in [0.1, 0.15) is 5.69 Å². The van der Waals surface area contributed by atoms with Gasteiger partial charge in [-0.05, 0) is 18.6 Å². The van der Waals surface area contributed by atoms with Crippen LogP contribution >= 0.6 is 0 Å². The van der Waals surface area contributed by atoms with Crippen LogP contribution in [0.3, 0.4) is 0 Å². The Bertz CT molecular complexity index is 297. The van der Waals surface area contributed by atoms with E-state index in [2.05, 4.69) is 16.6 Å². The lowest BCUT2D eigenvalue weighted by Crippen LogP contribution is -2.05. The van der Waals surface area contributed by atoms with Crippen LogP contribution in [0.1, 0.15) is 29.5 Å². The van der Waals surface area contributed by atoms with Gasteiger partial charge in [-0.2, -0.15) is 0 Å². The van der Waals surface area contributed by atoms with Gasteiger partial charge >= 0.3 is 5.97 Å². The lowest BCUT2D eigenvalue weighted by Gasteiger charge is -2.00. The minimum atomic E-state index is -0.377. The van der Waals surface area contributed by atoms with Crippen molar-refractivity contribution >= 4 is 5.97 Å². The fraction of sp³-hybridized carbons (Fsp3) is 0.400. The summed E-state index contributed by atoms with van der Waals surface area (Å²) in [5.41, 5.74) is 1.32. The summed E-state index contributed by atoms with van der Waals surface area (Å²) in [5, 5.41) is 0. The third-order valence-electron chi connectivity index (χ3n) is 1.71. The van der Waals surface area contributed by atoms with Gasteiger partial charge in [0, 0.05) is 5.69 Å². The SMILES string of the molecule is CCCc1cccc(C(=O)OC)n1. The second-order valence-corrected chi connectivity index (χ2v) is 2.76. The van der Waals surface area contributed by atoms with E-state index in [4.69, 9.17) is 0 Å². The molecule has 3 heteroatoms. The van der Waals surface area contributed by atoms with Crippen LogP contribution < -0.4 is 0 Å². The van der Waals surface area contributed by atoms with Crippen molar-refractivity contribution in [1.82, 2.24) is 4.98 Å². The fourth-order valence-corrected chi connectivity index (χ4v) is 1.09. The maximum atomic E-state index is 11.1. The van der Waals surface area contributed by atoms with Gasteiger partial charge in [-0.3, -0.25) is 0 Å². The first-order valence-electron chi connectivity index (χ1n) is 4.32. The number of pyridine rings is 1. The molecule has 0 aliphatic carbocycles. The first-order valence-corrected chi connectivity index (χ1v) is 4.32. The molecule has 0 spiro atoms. The van der Waals surface area contributed by atoms with Crippen molar-refractivity contribution in [1.29, 1.82) is 0 Å². The number of hydrogen-bond acceptors (Lipinski definition) is 3. The van der Waals surface area contributed by atoms with Crippen molar-refractivity contribution in [2.45, 2.75) is 19.8 Å². The first kappa shape index (κ1) is 9.71. The van der Waals surface area contributed by atoms with Gasteiger partial charge in [0.2, 0.25) is 0 Å². The number of carbonyl (C=O) groups excluding carboxylic acids is 1. The van der Waals surface area contributed by atoms with Gasteiger partial charge in [0.25, 0.3) is 0 Å². The van der Waals surface area contributed by atoms with E-state index >= 15 is 0 Å². The van der Waals surface area contributed by atoms with Crippen LogP contribution in [0, 0.1) is 0 Å². The van der Waals surface area contributed by atoms with Crippen molar-refractivity contribution in [2.75, 3.05) is 7.11 Å². The molecule has 0 bridgehead atoms. The van der Waals surface area contributed by atoms with Crippen LogP contribution in [0.25, 0.3) is 0 Å². The molecule has 0 saturated heterocycles. The number of rotatable bonds is 3. The van der Waals surface area contributed by atoms with Crippen molar-refractivity contribution in [3.8, 4) is 0 Å². The summed E-state index contributed by atoms with van der Waals surface area (Å²) in [6.07, 6.45) is 1.92. The molecule has 0 N–H and O–H groups in total. The van der Waals surface area contributed by atoms with Crippen LogP contribution in [0.4, 0.5) is 0 Å². The molecule has 0 radical (unpaired) electrons. The van der Waals surface area contributed by atoms with E-state index < -0.39 is 0 Å². The van der Waals surface area contributed by atoms with Gasteiger partial charge in [-0.15, -0.1) is 0 Å². The highest BCUT2D eigenvalue weighted by atomic mass is 16.5. The van der Waals surface area contributed by atoms with Crippen molar-refractivity contribution in [2.24, 2.45) is 0 Å². The number of esters is 1. The van der Waals surface area contributed by atoms with E-state index in [0.29, 0.717) is 5.69 Å². The Labute approximate surface area is 77.8 Å². The average Bonchev–Trinajstić information content (AvgIpc) is 2.18. The molecule has 1 heterocycles. The van der Waals surface area contributed by atoms with E-state index in [-0.39, 0.29) is 5.97 Å². The second-order valence-electron chi connectivity index (χ2n) is 2.76. The Kier molecular flexibility index (Phi) is 3.43. The number of hydrogen-bond donors (Lipinski definition) is 0. The summed E-state index contributed by atoms with van der Waals surface area (Å²) < 4.78 is 4.57. The van der Waals surface area contributed by atoms with Crippen LogP contribution in [0.15, 0.2) is 18.2 Å². The molecule has 3 nitrogen and oxygen atoms in total. The van der Waals surface area contributed by atoms with E-state index in [1.165, 1.54) is 7.11 Å². The molecule has 1 aromatic heterocycles. The predicted molar refractivity (Wildman–Crippen MR) is 49.6 cm³/mol. The van der Waals surface area contributed by atoms with Gasteiger partial charge in [0.05, 0.1) is 7.11 Å². The largest absolute Gasteiger partial charge is 0.464 e. The van der Waals surface area contributed by atoms with Crippen LogP contribution in [0.5, 0.6) is 0 Å². The molecular weight excluding hydrogens is 166 g/mol. The van der Waals surface area contributed by atoms with Crippen molar-refractivity contribution in [3.05, 3.63) is 29.6 Å². The molecular formula is C10H13NO2. The molecule has 70 valence electrons. The zero-order valence-corrected chi connectivity index (χ0v) is 7.91. The topological polar surface area (TPSA) is 39.2 Å². The summed E-state index contributed by atoms with van der Waals surface area (Å²) in [7, 11) is 1.36. The molecule has 0 aliphatic heterocycles. The molecule has 0 amide bonds. The lowest BCUT2D eigenvalue weighted by molar-refractivity contribution is 0.0593. The van der Waals surface area contributed by atoms with Crippen molar-refractivity contribution in [3.63, 3.8) is 0 Å². The summed E-state index contributed by atoms with van der Waals surface area (Å²) in [4.78, 5) is 15.2. The van der Waals surface area contributed by atoms with Gasteiger partial charge in [-0.25, -0.2) is 9.78 Å². The monoisotopic (exact) mass is 179 g/mol. The number of ether oxygens (including phenoxy) is 1. The summed E-state index contributed by atoms with van der Waals surface area (Å²) >= 11 is 0. The molecule has 1 rings (SSSR count). The summed E-state index contributed by atoms with van der Waals surface area (Å²) in [6, 6.07) is 5.39. The Balaban J connectivity index is 2.85. The second kappa shape index (κ2) is 4.60. The zero-order chi connectivity index (χ0) is 9.68. The highest BCUT2D eigenvalue weighted by molar-refractivity contribution is 5.87. The van der Waals surface area contributed by atoms with E-state index in [9.17, 15) is 4.79 Å². The van der Waals surface area contributed by atoms with Crippen molar-refractivity contribution < 1.29 is 9.53 Å². The minimum absolute atomic E-state index is 0.377. The summed E-state index contributed by atoms with van der Waals surface area (Å²) in [6.45, 7) is 2.08. The average molecular weight is 179 g/mol. The van der Waals surface area contributed by atoms with Gasteiger partial charge < -0.3 is 4.74 Å². The Morgan fingerprint density at radius 1 is 1.54 bits per heavy atom. The Morgan fingerprint density at radius 3 is 2.92 bits per heavy atom. The van der Waals surface area contributed by atoms with Crippen LogP contribution in [-0.2, 0) is 11.2 Å². The van der Waals surface area contributed by atoms with E-state index in [1.54, 1.807) is 6.07 Å². The molecule has 0 atom stereocenters. The number of carbonyl (C=O) groups is 1. The quantitative estimate of drug-likeness (QED) is 0.664. The molecule has 0 aromatic carbocycles. The maximum absolute atomic E-state index is 11.1. The molecule has 0 unspecified atom stereocenters. The minimum Gasteiger partial charge on any atom is -0.464 e. The fourth-order valence-electron chi connectivity index (χ4n) is 1.09. The van der Waals surface area contributed by atoms with Crippen LogP contribution in [0.2, 0.25) is 0 Å². The van der Waals surface area contributed by atoms with E-state index in [1.807, 2.05) is 12.1 Å². The molecule has 0 saturated carbocycles. The van der Waals surface area contributed by atoms with Gasteiger partial charge in [-0.1, -0.05) is 19.4 Å². The summed E-state index contributed by atoms with van der Waals surface area (Å²) in [5.74, 6) is -0.377. The highest BCUT2D eigenvalue weighted by Crippen LogP contribution is 2.03. The number of nitrogens with zero attached hydrogens (tertiary/aromatic N) is 1. The smallest absolute Gasteiger partial charge is 0.356 e. The standard InChI is InChI=1S/C10H13NO2/c1-3-5-8-6-4-7-9(11-8)10(12)13-2/h4,6-7H,3,5H2,1-2H3.